The highest BCUT2D eigenvalue weighted by molar-refractivity contribution is 7.99. The van der Waals surface area contributed by atoms with Crippen molar-refractivity contribution >= 4 is 28.7 Å². The van der Waals surface area contributed by atoms with Gasteiger partial charge in [0.05, 0.1) is 25.4 Å². The fourth-order valence-electron chi connectivity index (χ4n) is 4.61. The van der Waals surface area contributed by atoms with Crippen molar-refractivity contribution in [2.24, 2.45) is 0 Å². The summed E-state index contributed by atoms with van der Waals surface area (Å²) in [5.74, 6) is -0.472. The zero-order valence-electron chi connectivity index (χ0n) is 19.6. The van der Waals surface area contributed by atoms with Crippen LogP contribution >= 0.6 is 11.8 Å². The van der Waals surface area contributed by atoms with Gasteiger partial charge in [-0.25, -0.2) is 23.4 Å². The van der Waals surface area contributed by atoms with E-state index in [0.29, 0.717) is 27.7 Å². The standard InChI is InChI=1S/C23H28F2N6O4S/c1-2-7-36-23-27-21(26-15-9-12(15)11-3-4-13(24)14(25)8-11)18-22(28-23)31(30-29-18)16-10-17(35-6-5-32)20(34)19(16)33/h3-4,8,12,15-17,19-20,32-34H,2,5-7,9-10H2,1H3,(H,26,27,28)/t12-,15+,16-,17+,19+,20-/m1/s1. The first-order valence-corrected chi connectivity index (χ1v) is 13.0. The molecule has 1 aromatic carbocycles. The molecule has 10 nitrogen and oxygen atoms in total. The zero-order valence-corrected chi connectivity index (χ0v) is 20.4. The lowest BCUT2D eigenvalue weighted by Crippen LogP contribution is -2.33. The van der Waals surface area contributed by atoms with Crippen LogP contribution in [0.4, 0.5) is 14.6 Å². The molecule has 3 aromatic rings. The third-order valence-corrected chi connectivity index (χ3v) is 7.61. The van der Waals surface area contributed by atoms with E-state index in [1.807, 2.05) is 0 Å². The minimum atomic E-state index is -1.15. The van der Waals surface area contributed by atoms with E-state index >= 15 is 0 Å². The number of nitrogens with zero attached hydrogens (tertiary/aromatic N) is 5. The van der Waals surface area contributed by atoms with Crippen molar-refractivity contribution in [3.05, 3.63) is 35.4 Å². The summed E-state index contributed by atoms with van der Waals surface area (Å²) in [6, 6.07) is 3.26. The molecule has 2 saturated carbocycles. The molecule has 2 aromatic heterocycles. The molecule has 194 valence electrons. The van der Waals surface area contributed by atoms with Crippen LogP contribution in [0.1, 0.15) is 43.7 Å². The van der Waals surface area contributed by atoms with Crippen LogP contribution in [0.2, 0.25) is 0 Å². The average molecular weight is 523 g/mol. The molecule has 36 heavy (non-hydrogen) atoms. The molecule has 2 aliphatic carbocycles. The molecular weight excluding hydrogens is 494 g/mol. The second-order valence-electron chi connectivity index (χ2n) is 9.09. The quantitative estimate of drug-likeness (QED) is 0.231. The SMILES string of the molecule is CCCSc1nc(N[C@H]2C[C@@H]2c2ccc(F)c(F)c2)c2nnn([C@@H]3C[C@H](OCCO)[C@@H](O)[C@H]3O)c2n1. The van der Waals surface area contributed by atoms with Gasteiger partial charge in [0, 0.05) is 24.1 Å². The molecule has 2 heterocycles. The number of halogens is 2. The highest BCUT2D eigenvalue weighted by Crippen LogP contribution is 2.44. The normalized spacial score (nSPS) is 27.6. The van der Waals surface area contributed by atoms with Crippen molar-refractivity contribution in [2.75, 3.05) is 24.3 Å². The summed E-state index contributed by atoms with van der Waals surface area (Å²) in [5.41, 5.74) is 1.53. The number of hydrogen-bond donors (Lipinski definition) is 4. The van der Waals surface area contributed by atoms with Crippen LogP contribution in [0.3, 0.4) is 0 Å². The van der Waals surface area contributed by atoms with E-state index in [1.54, 1.807) is 6.07 Å². The molecule has 0 radical (unpaired) electrons. The molecule has 13 heteroatoms. The van der Waals surface area contributed by atoms with Crippen molar-refractivity contribution < 1.29 is 28.8 Å². The monoisotopic (exact) mass is 522 g/mol. The van der Waals surface area contributed by atoms with Gasteiger partial charge in [-0.2, -0.15) is 0 Å². The number of nitrogens with one attached hydrogen (secondary N) is 1. The molecule has 4 N–H and O–H groups in total. The van der Waals surface area contributed by atoms with E-state index in [0.717, 1.165) is 24.7 Å². The molecule has 6 atom stereocenters. The summed E-state index contributed by atoms with van der Waals surface area (Å²) in [7, 11) is 0. The van der Waals surface area contributed by atoms with E-state index in [9.17, 15) is 19.0 Å². The number of benzene rings is 1. The lowest BCUT2D eigenvalue weighted by Gasteiger charge is -2.17. The first kappa shape index (κ1) is 25.2. The lowest BCUT2D eigenvalue weighted by atomic mass is 10.1. The van der Waals surface area contributed by atoms with Gasteiger partial charge in [-0.3, -0.25) is 0 Å². The van der Waals surface area contributed by atoms with Gasteiger partial charge in [-0.1, -0.05) is 30.0 Å². The molecule has 2 aliphatic rings. The van der Waals surface area contributed by atoms with Crippen LogP contribution in [0.5, 0.6) is 0 Å². The van der Waals surface area contributed by atoms with Gasteiger partial charge >= 0.3 is 0 Å². The fraction of sp³-hybridized carbons (Fsp3) is 0.565. The van der Waals surface area contributed by atoms with Gasteiger partial charge in [0.1, 0.15) is 12.2 Å². The Labute approximate surface area is 210 Å². The number of aliphatic hydroxyl groups is 3. The Morgan fingerprint density at radius 3 is 2.75 bits per heavy atom. The maximum Gasteiger partial charge on any atom is 0.191 e. The topological polar surface area (TPSA) is 138 Å². The number of hydrogen-bond acceptors (Lipinski definition) is 10. The minimum absolute atomic E-state index is 0.00291. The van der Waals surface area contributed by atoms with Crippen LogP contribution < -0.4 is 5.32 Å². The summed E-state index contributed by atoms with van der Waals surface area (Å²) in [5, 5.41) is 42.5. The number of thioether (sulfide) groups is 1. The number of rotatable bonds is 10. The zero-order chi connectivity index (χ0) is 25.4. The predicted molar refractivity (Wildman–Crippen MR) is 128 cm³/mol. The van der Waals surface area contributed by atoms with E-state index < -0.39 is 36.0 Å². The van der Waals surface area contributed by atoms with E-state index in [-0.39, 0.29) is 31.6 Å². The molecule has 0 amide bonds. The molecular formula is C23H28F2N6O4S. The first-order valence-electron chi connectivity index (χ1n) is 12.0. The molecule has 0 spiro atoms. The maximum absolute atomic E-state index is 13.7. The van der Waals surface area contributed by atoms with Gasteiger partial charge in [0.15, 0.2) is 33.8 Å². The third-order valence-electron chi connectivity index (χ3n) is 6.56. The number of aliphatic hydroxyl groups excluding tert-OH is 3. The summed E-state index contributed by atoms with van der Waals surface area (Å²) in [4.78, 5) is 9.27. The number of aromatic nitrogens is 5. The predicted octanol–water partition coefficient (Wildman–Crippen LogP) is 2.01. The van der Waals surface area contributed by atoms with Crippen LogP contribution in [-0.2, 0) is 4.74 Å². The van der Waals surface area contributed by atoms with Crippen LogP contribution in [-0.4, -0.2) is 83.6 Å². The first-order chi connectivity index (χ1) is 17.4. The summed E-state index contributed by atoms with van der Waals surface area (Å²) >= 11 is 1.48. The lowest BCUT2D eigenvalue weighted by molar-refractivity contribution is -0.0629. The Kier molecular flexibility index (Phi) is 7.35. The van der Waals surface area contributed by atoms with Crippen LogP contribution in [0, 0.1) is 11.6 Å². The highest BCUT2D eigenvalue weighted by Gasteiger charge is 2.45. The Morgan fingerprint density at radius 1 is 1.17 bits per heavy atom. The Morgan fingerprint density at radius 2 is 2.00 bits per heavy atom. The van der Waals surface area contributed by atoms with Crippen molar-refractivity contribution in [2.45, 2.75) is 67.7 Å². The van der Waals surface area contributed by atoms with Crippen LogP contribution in [0.25, 0.3) is 11.2 Å². The molecule has 0 aliphatic heterocycles. The summed E-state index contributed by atoms with van der Waals surface area (Å²) < 4.78 is 34.0. The summed E-state index contributed by atoms with van der Waals surface area (Å²) in [6.45, 7) is 1.91. The number of anilines is 1. The van der Waals surface area contributed by atoms with Gasteiger partial charge in [-0.05, 0) is 30.5 Å². The minimum Gasteiger partial charge on any atom is -0.394 e. The van der Waals surface area contributed by atoms with Gasteiger partial charge in [0.2, 0.25) is 0 Å². The molecule has 0 saturated heterocycles. The molecule has 0 bridgehead atoms. The average Bonchev–Trinajstić information content (AvgIpc) is 3.41. The largest absolute Gasteiger partial charge is 0.394 e. The Balaban J connectivity index is 1.43. The van der Waals surface area contributed by atoms with Gasteiger partial charge < -0.3 is 25.4 Å². The summed E-state index contributed by atoms with van der Waals surface area (Å²) in [6.07, 6.45) is -1.04. The van der Waals surface area contributed by atoms with Gasteiger partial charge in [-0.15, -0.1) is 5.10 Å². The Hall–Kier alpha value is -2.45. The van der Waals surface area contributed by atoms with Crippen molar-refractivity contribution in [3.63, 3.8) is 0 Å². The molecule has 0 unspecified atom stereocenters. The van der Waals surface area contributed by atoms with Crippen molar-refractivity contribution in [1.29, 1.82) is 0 Å². The van der Waals surface area contributed by atoms with Crippen molar-refractivity contribution in [3.8, 4) is 0 Å². The van der Waals surface area contributed by atoms with Crippen LogP contribution in [0.15, 0.2) is 23.4 Å². The van der Waals surface area contributed by atoms with Gasteiger partial charge in [0.25, 0.3) is 0 Å². The Bertz CT molecular complexity index is 1230. The molecule has 5 rings (SSSR count). The fourth-order valence-corrected chi connectivity index (χ4v) is 5.31. The third kappa shape index (κ3) is 4.90. The number of fused-ring (bicyclic) bond motifs is 1. The highest BCUT2D eigenvalue weighted by atomic mass is 32.2. The number of ether oxygens (including phenoxy) is 1. The second-order valence-corrected chi connectivity index (χ2v) is 10.2. The van der Waals surface area contributed by atoms with E-state index in [4.69, 9.17) is 9.84 Å². The van der Waals surface area contributed by atoms with E-state index in [1.165, 1.54) is 22.5 Å². The molecule has 2 fully saturated rings. The maximum atomic E-state index is 13.7. The van der Waals surface area contributed by atoms with Crippen molar-refractivity contribution in [1.82, 2.24) is 25.0 Å². The van der Waals surface area contributed by atoms with E-state index in [2.05, 4.69) is 32.5 Å². The smallest absolute Gasteiger partial charge is 0.191 e. The second kappa shape index (κ2) is 10.5.